The first-order chi connectivity index (χ1) is 13.6. The maximum atomic E-state index is 11.3. The lowest BCUT2D eigenvalue weighted by atomic mass is 10.1. The maximum Gasteiger partial charge on any atom is 0.159 e. The van der Waals surface area contributed by atoms with E-state index in [1.54, 1.807) is 26.2 Å². The fraction of sp³-hybridized carbons (Fsp3) is 0.190. The standard InChI is InChI=1S/C21H22N4O3/c1-15(26)16-3-5-17(6-4-16)25-21-13-20(23-14-24-21)22-11-12-28-19-9-7-18(27-2)8-10-19/h3-10,13-14H,11-12H2,1-2H3,(H2,22,23,24,25). The van der Waals surface area contributed by atoms with Crippen LogP contribution in [0.25, 0.3) is 0 Å². The van der Waals surface area contributed by atoms with Crippen molar-refractivity contribution < 1.29 is 14.3 Å². The molecule has 7 nitrogen and oxygen atoms in total. The van der Waals surface area contributed by atoms with Gasteiger partial charge in [-0.3, -0.25) is 4.79 Å². The van der Waals surface area contributed by atoms with E-state index in [9.17, 15) is 4.79 Å². The smallest absolute Gasteiger partial charge is 0.159 e. The molecular formula is C21H22N4O3. The molecule has 28 heavy (non-hydrogen) atoms. The normalized spacial score (nSPS) is 10.2. The van der Waals surface area contributed by atoms with Crippen molar-refractivity contribution in [1.29, 1.82) is 0 Å². The number of nitrogens with zero attached hydrogens (tertiary/aromatic N) is 2. The van der Waals surface area contributed by atoms with Gasteiger partial charge in [-0.05, 0) is 55.5 Å². The number of aromatic nitrogens is 2. The molecule has 0 aliphatic rings. The number of rotatable bonds is 9. The highest BCUT2D eigenvalue weighted by atomic mass is 16.5. The molecular weight excluding hydrogens is 356 g/mol. The Kier molecular flexibility index (Phi) is 6.41. The first-order valence-corrected chi connectivity index (χ1v) is 8.85. The van der Waals surface area contributed by atoms with Crippen LogP contribution in [0, 0.1) is 0 Å². The van der Waals surface area contributed by atoms with Gasteiger partial charge in [0.25, 0.3) is 0 Å². The Morgan fingerprint density at radius 1 is 0.964 bits per heavy atom. The van der Waals surface area contributed by atoms with Crippen LogP contribution in [0.15, 0.2) is 60.9 Å². The van der Waals surface area contributed by atoms with E-state index >= 15 is 0 Å². The highest BCUT2D eigenvalue weighted by molar-refractivity contribution is 5.94. The number of ether oxygens (including phenoxy) is 2. The van der Waals surface area contributed by atoms with E-state index < -0.39 is 0 Å². The number of ketones is 1. The second-order valence-electron chi connectivity index (χ2n) is 6.00. The zero-order valence-corrected chi connectivity index (χ0v) is 15.8. The molecule has 0 spiro atoms. The van der Waals surface area contributed by atoms with Crippen LogP contribution in [0.1, 0.15) is 17.3 Å². The van der Waals surface area contributed by atoms with E-state index in [1.807, 2.05) is 42.5 Å². The number of benzene rings is 2. The van der Waals surface area contributed by atoms with Crippen LogP contribution in [0.2, 0.25) is 0 Å². The summed E-state index contributed by atoms with van der Waals surface area (Å²) in [7, 11) is 1.63. The maximum absolute atomic E-state index is 11.3. The molecule has 7 heteroatoms. The molecule has 3 rings (SSSR count). The Hall–Kier alpha value is -3.61. The van der Waals surface area contributed by atoms with Gasteiger partial charge in [0.2, 0.25) is 0 Å². The number of nitrogens with one attached hydrogen (secondary N) is 2. The lowest BCUT2D eigenvalue weighted by Crippen LogP contribution is -2.12. The molecule has 0 radical (unpaired) electrons. The van der Waals surface area contributed by atoms with Crippen molar-refractivity contribution in [3.8, 4) is 11.5 Å². The van der Waals surface area contributed by atoms with Gasteiger partial charge in [0, 0.05) is 17.3 Å². The summed E-state index contributed by atoms with van der Waals surface area (Å²) >= 11 is 0. The largest absolute Gasteiger partial charge is 0.497 e. The van der Waals surface area contributed by atoms with E-state index in [4.69, 9.17) is 9.47 Å². The number of hydrogen-bond acceptors (Lipinski definition) is 7. The Balaban J connectivity index is 1.49. The second-order valence-corrected chi connectivity index (χ2v) is 6.00. The fourth-order valence-electron chi connectivity index (χ4n) is 2.48. The van der Waals surface area contributed by atoms with Gasteiger partial charge in [-0.2, -0.15) is 0 Å². The Morgan fingerprint density at radius 3 is 2.32 bits per heavy atom. The van der Waals surface area contributed by atoms with Crippen LogP contribution in [0.5, 0.6) is 11.5 Å². The van der Waals surface area contributed by atoms with Crippen molar-refractivity contribution in [2.24, 2.45) is 0 Å². The van der Waals surface area contributed by atoms with Gasteiger partial charge in [0.05, 0.1) is 13.7 Å². The van der Waals surface area contributed by atoms with Crippen molar-refractivity contribution in [1.82, 2.24) is 9.97 Å². The Morgan fingerprint density at radius 2 is 1.64 bits per heavy atom. The number of methoxy groups -OCH3 is 1. The molecule has 3 aromatic rings. The lowest BCUT2D eigenvalue weighted by molar-refractivity contribution is 0.101. The molecule has 0 aliphatic heterocycles. The zero-order chi connectivity index (χ0) is 19.8. The second kappa shape index (κ2) is 9.36. The van der Waals surface area contributed by atoms with Gasteiger partial charge in [-0.25, -0.2) is 9.97 Å². The van der Waals surface area contributed by atoms with Crippen molar-refractivity contribution in [3.05, 3.63) is 66.5 Å². The van der Waals surface area contributed by atoms with E-state index in [-0.39, 0.29) is 5.78 Å². The molecule has 2 N–H and O–H groups in total. The number of hydrogen-bond donors (Lipinski definition) is 2. The summed E-state index contributed by atoms with van der Waals surface area (Å²) in [6, 6.07) is 16.5. The third kappa shape index (κ3) is 5.44. The zero-order valence-electron chi connectivity index (χ0n) is 15.8. The van der Waals surface area contributed by atoms with Gasteiger partial charge >= 0.3 is 0 Å². The molecule has 0 fully saturated rings. The summed E-state index contributed by atoms with van der Waals surface area (Å²) in [6.45, 7) is 2.63. The van der Waals surface area contributed by atoms with Crippen LogP contribution < -0.4 is 20.1 Å². The fourth-order valence-corrected chi connectivity index (χ4v) is 2.48. The van der Waals surface area contributed by atoms with Crippen LogP contribution in [-0.4, -0.2) is 36.0 Å². The first kappa shape index (κ1) is 19.2. The summed E-state index contributed by atoms with van der Waals surface area (Å²) in [5.74, 6) is 2.96. The van der Waals surface area contributed by atoms with Gasteiger partial charge in [0.15, 0.2) is 5.78 Å². The SMILES string of the molecule is COc1ccc(OCCNc2cc(Nc3ccc(C(C)=O)cc3)ncn2)cc1. The molecule has 144 valence electrons. The summed E-state index contributed by atoms with van der Waals surface area (Å²) < 4.78 is 10.8. The predicted molar refractivity (Wildman–Crippen MR) is 109 cm³/mol. The Labute approximate surface area is 163 Å². The Bertz CT molecular complexity index is 912. The van der Waals surface area contributed by atoms with Crippen molar-refractivity contribution in [2.75, 3.05) is 30.9 Å². The minimum absolute atomic E-state index is 0.0388. The predicted octanol–water partition coefficient (Wildman–Crippen LogP) is 3.92. The third-order valence-electron chi connectivity index (χ3n) is 3.97. The molecule has 0 saturated carbocycles. The average molecular weight is 378 g/mol. The molecule has 0 saturated heterocycles. The van der Waals surface area contributed by atoms with Gasteiger partial charge in [-0.15, -0.1) is 0 Å². The highest BCUT2D eigenvalue weighted by Gasteiger charge is 2.02. The minimum atomic E-state index is 0.0388. The summed E-state index contributed by atoms with van der Waals surface area (Å²) in [6.07, 6.45) is 1.49. The topological polar surface area (TPSA) is 85.4 Å². The molecule has 0 atom stereocenters. The minimum Gasteiger partial charge on any atom is -0.497 e. The average Bonchev–Trinajstić information content (AvgIpc) is 2.72. The molecule has 0 bridgehead atoms. The highest BCUT2D eigenvalue weighted by Crippen LogP contribution is 2.18. The van der Waals surface area contributed by atoms with E-state index in [2.05, 4.69) is 20.6 Å². The summed E-state index contributed by atoms with van der Waals surface area (Å²) in [5, 5.41) is 6.39. The lowest BCUT2D eigenvalue weighted by Gasteiger charge is -2.10. The van der Waals surface area contributed by atoms with Gasteiger partial charge < -0.3 is 20.1 Å². The van der Waals surface area contributed by atoms with Crippen molar-refractivity contribution >= 4 is 23.1 Å². The van der Waals surface area contributed by atoms with Crippen LogP contribution >= 0.6 is 0 Å². The third-order valence-corrected chi connectivity index (χ3v) is 3.97. The number of carbonyl (C=O) groups excluding carboxylic acids is 1. The van der Waals surface area contributed by atoms with E-state index in [0.717, 1.165) is 17.2 Å². The van der Waals surface area contributed by atoms with Gasteiger partial charge in [0.1, 0.15) is 36.1 Å². The monoisotopic (exact) mass is 378 g/mol. The number of anilines is 3. The van der Waals surface area contributed by atoms with Crippen LogP contribution in [0.3, 0.4) is 0 Å². The van der Waals surface area contributed by atoms with E-state index in [1.165, 1.54) is 6.33 Å². The first-order valence-electron chi connectivity index (χ1n) is 8.85. The molecule has 0 aliphatic carbocycles. The van der Waals surface area contributed by atoms with E-state index in [0.29, 0.717) is 30.4 Å². The van der Waals surface area contributed by atoms with Crippen molar-refractivity contribution in [2.45, 2.75) is 6.92 Å². The van der Waals surface area contributed by atoms with Gasteiger partial charge in [-0.1, -0.05) is 0 Å². The van der Waals surface area contributed by atoms with Crippen LogP contribution in [0.4, 0.5) is 17.3 Å². The van der Waals surface area contributed by atoms with Crippen molar-refractivity contribution in [3.63, 3.8) is 0 Å². The quantitative estimate of drug-likeness (QED) is 0.431. The number of Topliss-reactive ketones (excluding diaryl/α,β-unsaturated/α-hetero) is 1. The molecule has 1 aromatic heterocycles. The summed E-state index contributed by atoms with van der Waals surface area (Å²) in [5.41, 5.74) is 1.52. The number of carbonyl (C=O) groups is 1. The molecule has 1 heterocycles. The summed E-state index contributed by atoms with van der Waals surface area (Å²) in [4.78, 5) is 19.8. The van der Waals surface area contributed by atoms with Crippen LogP contribution in [-0.2, 0) is 0 Å². The molecule has 2 aromatic carbocycles. The molecule has 0 amide bonds. The molecule has 0 unspecified atom stereocenters.